The number of carbonyl (C=O) groups excluding carboxylic acids is 1. The van der Waals surface area contributed by atoms with E-state index in [4.69, 9.17) is 4.84 Å². The molecule has 11 heavy (non-hydrogen) atoms. The Morgan fingerprint density at radius 1 is 1.73 bits per heavy atom. The van der Waals surface area contributed by atoms with Gasteiger partial charge in [-0.2, -0.15) is 5.06 Å². The number of rotatable bonds is 1. The summed E-state index contributed by atoms with van der Waals surface area (Å²) in [6.07, 6.45) is 2.58. The van der Waals surface area contributed by atoms with Crippen LogP contribution in [0.1, 0.15) is 26.2 Å². The zero-order valence-corrected chi connectivity index (χ0v) is 6.75. The van der Waals surface area contributed by atoms with Gasteiger partial charge in [-0.15, -0.1) is 0 Å². The zero-order chi connectivity index (χ0) is 7.84. The van der Waals surface area contributed by atoms with E-state index in [1.54, 1.807) is 0 Å². The van der Waals surface area contributed by atoms with Crippen LogP contribution in [-0.4, -0.2) is 29.5 Å². The Bertz CT molecular complexity index is 181. The molecule has 2 fully saturated rings. The molecule has 2 aliphatic rings. The minimum Gasteiger partial charge on any atom is -0.297 e. The first-order valence-corrected chi connectivity index (χ1v) is 4.27. The number of hydrogen-bond donors (Lipinski definition) is 0. The summed E-state index contributed by atoms with van der Waals surface area (Å²) >= 11 is 0. The third kappa shape index (κ3) is 1.08. The molecule has 3 nitrogen and oxygen atoms in total. The predicted molar refractivity (Wildman–Crippen MR) is 39.9 cm³/mol. The summed E-state index contributed by atoms with van der Waals surface area (Å²) in [4.78, 5) is 16.6. The first-order valence-electron chi connectivity index (χ1n) is 4.27. The Kier molecular flexibility index (Phi) is 1.69. The number of hydroxylamine groups is 2. The number of carbonyl (C=O) groups is 1. The highest BCUT2D eigenvalue weighted by Crippen LogP contribution is 2.28. The van der Waals surface area contributed by atoms with Gasteiger partial charge < -0.3 is 0 Å². The van der Waals surface area contributed by atoms with E-state index in [9.17, 15) is 4.79 Å². The fourth-order valence-corrected chi connectivity index (χ4v) is 1.83. The maximum Gasteiger partial charge on any atom is 0.165 e. The zero-order valence-electron chi connectivity index (χ0n) is 6.75. The number of hydrogen-bond acceptors (Lipinski definition) is 3. The molecular weight excluding hydrogens is 142 g/mol. The van der Waals surface area contributed by atoms with Crippen molar-refractivity contribution in [3.63, 3.8) is 0 Å². The maximum absolute atomic E-state index is 11.2. The second-order valence-corrected chi connectivity index (χ2v) is 3.25. The summed E-state index contributed by atoms with van der Waals surface area (Å²) < 4.78 is 0. The van der Waals surface area contributed by atoms with E-state index in [0.29, 0.717) is 12.5 Å². The van der Waals surface area contributed by atoms with E-state index in [0.717, 1.165) is 19.4 Å². The molecule has 2 bridgehead atoms. The Balaban J connectivity index is 2.09. The molecule has 0 aromatic rings. The predicted octanol–water partition coefficient (Wildman–Crippen LogP) is 0.744. The molecule has 0 radical (unpaired) electrons. The Labute approximate surface area is 66.3 Å². The van der Waals surface area contributed by atoms with Crippen LogP contribution < -0.4 is 0 Å². The standard InChI is InChI=1S/C8H13NO2/c1-2-6-5-8-7(10)3-4-9(6)11-8/h6,8H,2-5H2,1H3/t6-,8-/m1/s1. The monoisotopic (exact) mass is 155 g/mol. The molecule has 1 unspecified atom stereocenters. The first-order chi connectivity index (χ1) is 5.31. The van der Waals surface area contributed by atoms with E-state index >= 15 is 0 Å². The molecule has 0 spiro atoms. The van der Waals surface area contributed by atoms with Crippen molar-refractivity contribution in [3.8, 4) is 0 Å². The first kappa shape index (κ1) is 7.25. The number of ketones is 1. The summed E-state index contributed by atoms with van der Waals surface area (Å²) in [5.74, 6) is 0.289. The average Bonchev–Trinajstić information content (AvgIpc) is 2.37. The molecule has 3 atom stereocenters. The third-order valence-electron chi connectivity index (χ3n) is 2.57. The lowest BCUT2D eigenvalue weighted by Crippen LogP contribution is -2.35. The lowest BCUT2D eigenvalue weighted by molar-refractivity contribution is -0.189. The lowest BCUT2D eigenvalue weighted by Gasteiger charge is -2.23. The molecule has 2 saturated heterocycles. The maximum atomic E-state index is 11.2. The molecule has 2 rings (SSSR count). The van der Waals surface area contributed by atoms with Gasteiger partial charge in [-0.3, -0.25) is 9.63 Å². The molecule has 0 aliphatic carbocycles. The molecule has 0 aromatic carbocycles. The molecule has 0 N–H and O–H groups in total. The van der Waals surface area contributed by atoms with Crippen LogP contribution in [0.5, 0.6) is 0 Å². The second kappa shape index (κ2) is 2.57. The number of nitrogens with zero attached hydrogens (tertiary/aromatic N) is 1. The van der Waals surface area contributed by atoms with Gasteiger partial charge in [-0.1, -0.05) is 6.92 Å². The van der Waals surface area contributed by atoms with Gasteiger partial charge >= 0.3 is 0 Å². The third-order valence-corrected chi connectivity index (χ3v) is 2.57. The highest BCUT2D eigenvalue weighted by molar-refractivity contribution is 5.84. The van der Waals surface area contributed by atoms with Crippen LogP contribution in [0, 0.1) is 0 Å². The van der Waals surface area contributed by atoms with Gasteiger partial charge in [0.05, 0.1) is 0 Å². The number of fused-ring (bicyclic) bond motifs is 2. The van der Waals surface area contributed by atoms with E-state index in [-0.39, 0.29) is 11.9 Å². The SMILES string of the molecule is CC[C@@H]1C[C@H]2ON1CCC2=O. The Hall–Kier alpha value is -0.410. The van der Waals surface area contributed by atoms with Gasteiger partial charge in [0.2, 0.25) is 0 Å². The molecular formula is C8H13NO2. The second-order valence-electron chi connectivity index (χ2n) is 3.25. The molecule has 3 heteroatoms. The fourth-order valence-electron chi connectivity index (χ4n) is 1.83. The van der Waals surface area contributed by atoms with Gasteiger partial charge in [-0.25, -0.2) is 0 Å². The quantitative estimate of drug-likeness (QED) is 0.559. The average molecular weight is 155 g/mol. The van der Waals surface area contributed by atoms with Crippen molar-refractivity contribution in [2.75, 3.05) is 6.54 Å². The highest BCUT2D eigenvalue weighted by atomic mass is 16.7. The topological polar surface area (TPSA) is 29.5 Å². The Morgan fingerprint density at radius 2 is 2.55 bits per heavy atom. The molecule has 0 saturated carbocycles. The van der Waals surface area contributed by atoms with Crippen LogP contribution >= 0.6 is 0 Å². The van der Waals surface area contributed by atoms with Crippen molar-refractivity contribution in [2.24, 2.45) is 0 Å². The lowest BCUT2D eigenvalue weighted by atomic mass is 10.1. The smallest absolute Gasteiger partial charge is 0.165 e. The highest BCUT2D eigenvalue weighted by Gasteiger charge is 2.40. The van der Waals surface area contributed by atoms with E-state index in [1.165, 1.54) is 0 Å². The van der Waals surface area contributed by atoms with Gasteiger partial charge in [0, 0.05) is 25.4 Å². The van der Waals surface area contributed by atoms with E-state index < -0.39 is 0 Å². The van der Waals surface area contributed by atoms with Gasteiger partial charge in [0.25, 0.3) is 0 Å². The van der Waals surface area contributed by atoms with Crippen LogP contribution in [0.2, 0.25) is 0 Å². The van der Waals surface area contributed by atoms with Crippen LogP contribution in [0.15, 0.2) is 0 Å². The van der Waals surface area contributed by atoms with Crippen LogP contribution in [-0.2, 0) is 9.63 Å². The van der Waals surface area contributed by atoms with Gasteiger partial charge in [0.15, 0.2) is 5.78 Å². The van der Waals surface area contributed by atoms with Crippen molar-refractivity contribution >= 4 is 5.78 Å². The van der Waals surface area contributed by atoms with Crippen LogP contribution in [0.25, 0.3) is 0 Å². The van der Waals surface area contributed by atoms with Crippen molar-refractivity contribution in [1.82, 2.24) is 5.06 Å². The summed E-state index contributed by atoms with van der Waals surface area (Å²) in [7, 11) is 0. The van der Waals surface area contributed by atoms with Gasteiger partial charge in [-0.05, 0) is 6.42 Å². The molecule has 62 valence electrons. The summed E-state index contributed by atoms with van der Waals surface area (Å²) in [5.41, 5.74) is 0. The normalized spacial score (nSPS) is 43.0. The Morgan fingerprint density at radius 3 is 3.18 bits per heavy atom. The van der Waals surface area contributed by atoms with Crippen molar-refractivity contribution in [1.29, 1.82) is 0 Å². The molecule has 2 aliphatic heterocycles. The largest absolute Gasteiger partial charge is 0.297 e. The van der Waals surface area contributed by atoms with E-state index in [1.807, 2.05) is 5.06 Å². The molecule has 0 amide bonds. The summed E-state index contributed by atoms with van der Waals surface area (Å²) in [5, 5.41) is 1.98. The van der Waals surface area contributed by atoms with E-state index in [2.05, 4.69) is 6.92 Å². The number of Topliss-reactive ketones (excluding diaryl/α,β-unsaturated/α-hetero) is 1. The molecule has 0 aromatic heterocycles. The molecule has 2 heterocycles. The van der Waals surface area contributed by atoms with Crippen molar-refractivity contribution < 1.29 is 9.63 Å². The summed E-state index contributed by atoms with van der Waals surface area (Å²) in [6.45, 7) is 2.94. The summed E-state index contributed by atoms with van der Waals surface area (Å²) in [6, 6.07) is 0.492. The van der Waals surface area contributed by atoms with Crippen molar-refractivity contribution in [2.45, 2.75) is 38.3 Å². The van der Waals surface area contributed by atoms with Crippen LogP contribution in [0.3, 0.4) is 0 Å². The minimum atomic E-state index is -0.103. The van der Waals surface area contributed by atoms with Crippen molar-refractivity contribution in [3.05, 3.63) is 0 Å². The van der Waals surface area contributed by atoms with Gasteiger partial charge in [0.1, 0.15) is 6.10 Å². The minimum absolute atomic E-state index is 0.103. The fraction of sp³-hybridized carbons (Fsp3) is 0.875. The van der Waals surface area contributed by atoms with Crippen LogP contribution in [0.4, 0.5) is 0 Å².